The van der Waals surface area contributed by atoms with Gasteiger partial charge >= 0.3 is 6.18 Å². The number of nitro groups is 1. The number of nitrogens with zero attached hydrogens (tertiary/aromatic N) is 4. The van der Waals surface area contributed by atoms with Crippen molar-refractivity contribution in [2.45, 2.75) is 12.8 Å². The van der Waals surface area contributed by atoms with Gasteiger partial charge in [-0.05, 0) is 17.7 Å². The molecule has 1 aromatic heterocycles. The van der Waals surface area contributed by atoms with E-state index in [4.69, 9.17) is 16.4 Å². The second-order valence-corrected chi connectivity index (χ2v) is 4.96. The highest BCUT2D eigenvalue weighted by molar-refractivity contribution is 6.32. The van der Waals surface area contributed by atoms with Gasteiger partial charge in [0.05, 0.1) is 16.7 Å². The summed E-state index contributed by atoms with van der Waals surface area (Å²) in [4.78, 5) is 14.9. The van der Waals surface area contributed by atoms with E-state index in [2.05, 4.69) is 10.3 Å². The third-order valence-corrected chi connectivity index (χ3v) is 3.36. The molecular formula is C13H10ClF3N4O3. The number of rotatable bonds is 5. The van der Waals surface area contributed by atoms with Gasteiger partial charge in [-0.25, -0.2) is 0 Å². The maximum absolute atomic E-state index is 12.8. The van der Waals surface area contributed by atoms with E-state index in [1.54, 1.807) is 0 Å². The van der Waals surface area contributed by atoms with Gasteiger partial charge in [0.25, 0.3) is 5.69 Å². The molecule has 0 atom stereocenters. The van der Waals surface area contributed by atoms with Crippen LogP contribution < -0.4 is 0 Å². The molecule has 0 N–H and O–H groups in total. The number of non-ortho nitro benzene ring substituents is 1. The number of aryl methyl sites for hydroxylation is 1. The van der Waals surface area contributed by atoms with Gasteiger partial charge in [-0.15, -0.1) is 0 Å². The van der Waals surface area contributed by atoms with Crippen LogP contribution in [0.4, 0.5) is 18.9 Å². The van der Waals surface area contributed by atoms with E-state index in [0.717, 1.165) is 10.9 Å². The Kier molecular flexibility index (Phi) is 5.07. The molecule has 1 heterocycles. The maximum atomic E-state index is 12.8. The second-order valence-electron chi connectivity index (χ2n) is 4.61. The Hall–Kier alpha value is -2.62. The Morgan fingerprint density at radius 3 is 2.58 bits per heavy atom. The molecule has 0 amide bonds. The molecule has 0 bridgehead atoms. The lowest BCUT2D eigenvalue weighted by Gasteiger charge is -2.03. The van der Waals surface area contributed by atoms with Gasteiger partial charge in [-0.1, -0.05) is 16.8 Å². The summed E-state index contributed by atoms with van der Waals surface area (Å²) in [5.74, 6) is 0. The van der Waals surface area contributed by atoms with E-state index in [9.17, 15) is 23.3 Å². The number of halogens is 4. The first-order valence-electron chi connectivity index (χ1n) is 6.38. The molecule has 0 fully saturated rings. The number of aromatic nitrogens is 2. The predicted molar refractivity (Wildman–Crippen MR) is 78.7 cm³/mol. The van der Waals surface area contributed by atoms with Gasteiger partial charge in [0, 0.05) is 19.2 Å². The van der Waals surface area contributed by atoms with Crippen molar-refractivity contribution in [3.8, 4) is 0 Å². The first kappa shape index (κ1) is 17.7. The van der Waals surface area contributed by atoms with Gasteiger partial charge < -0.3 is 4.84 Å². The SMILES string of the molecule is Cn1nc(C(F)(F)F)c(/C=N\OCc2ccc([N+](=O)[O-])cc2)c1Cl. The number of nitro benzene ring substituents is 1. The molecule has 0 aliphatic rings. The van der Waals surface area contributed by atoms with Gasteiger partial charge in [-0.2, -0.15) is 18.3 Å². The van der Waals surface area contributed by atoms with Gasteiger partial charge in [0.1, 0.15) is 11.8 Å². The minimum absolute atomic E-state index is 0.0757. The lowest BCUT2D eigenvalue weighted by Crippen LogP contribution is -2.09. The van der Waals surface area contributed by atoms with Crippen LogP contribution in [0.2, 0.25) is 5.15 Å². The molecule has 0 spiro atoms. The lowest BCUT2D eigenvalue weighted by atomic mass is 10.2. The molecule has 2 rings (SSSR count). The van der Waals surface area contributed by atoms with E-state index in [1.165, 1.54) is 31.3 Å². The average molecular weight is 363 g/mol. The van der Waals surface area contributed by atoms with Crippen molar-refractivity contribution in [3.05, 3.63) is 56.4 Å². The topological polar surface area (TPSA) is 82.5 Å². The summed E-state index contributed by atoms with van der Waals surface area (Å²) in [7, 11) is 1.27. The van der Waals surface area contributed by atoms with Crippen molar-refractivity contribution in [3.63, 3.8) is 0 Å². The summed E-state index contributed by atoms with van der Waals surface area (Å²) < 4.78 is 39.4. The van der Waals surface area contributed by atoms with Gasteiger partial charge in [-0.3, -0.25) is 14.8 Å². The molecule has 0 saturated heterocycles. The highest BCUT2D eigenvalue weighted by Gasteiger charge is 2.38. The summed E-state index contributed by atoms with van der Waals surface area (Å²) in [5, 5.41) is 17.0. The minimum atomic E-state index is -4.68. The summed E-state index contributed by atoms with van der Waals surface area (Å²) in [6.07, 6.45) is -3.85. The first-order chi connectivity index (χ1) is 11.2. The molecule has 2 aromatic rings. The molecule has 7 nitrogen and oxygen atoms in total. The van der Waals surface area contributed by atoms with Crippen LogP contribution in [0.15, 0.2) is 29.4 Å². The molecule has 0 unspecified atom stereocenters. The fourth-order valence-electron chi connectivity index (χ4n) is 1.76. The third-order valence-electron chi connectivity index (χ3n) is 2.91. The van der Waals surface area contributed by atoms with Crippen LogP contribution in [0, 0.1) is 10.1 Å². The monoisotopic (exact) mass is 362 g/mol. The summed E-state index contributed by atoms with van der Waals surface area (Å²) >= 11 is 5.75. The maximum Gasteiger partial charge on any atom is 0.435 e. The third kappa shape index (κ3) is 4.02. The zero-order chi connectivity index (χ0) is 17.9. The zero-order valence-corrected chi connectivity index (χ0v) is 12.9. The highest BCUT2D eigenvalue weighted by Crippen LogP contribution is 2.33. The van der Waals surface area contributed by atoms with E-state index in [0.29, 0.717) is 5.56 Å². The normalized spacial score (nSPS) is 11.9. The van der Waals surface area contributed by atoms with Crippen molar-refractivity contribution in [2.75, 3.05) is 0 Å². The minimum Gasteiger partial charge on any atom is -0.391 e. The Labute approximate surface area is 138 Å². The lowest BCUT2D eigenvalue weighted by molar-refractivity contribution is -0.384. The Morgan fingerprint density at radius 2 is 2.04 bits per heavy atom. The fourth-order valence-corrected chi connectivity index (χ4v) is 1.94. The van der Waals surface area contributed by atoms with Crippen molar-refractivity contribution >= 4 is 23.5 Å². The van der Waals surface area contributed by atoms with Crippen LogP contribution in [0.1, 0.15) is 16.8 Å². The van der Waals surface area contributed by atoms with Crippen LogP contribution in [0.3, 0.4) is 0 Å². The van der Waals surface area contributed by atoms with Gasteiger partial charge in [0.15, 0.2) is 5.69 Å². The molecule has 11 heteroatoms. The van der Waals surface area contributed by atoms with Crippen molar-refractivity contribution in [1.82, 2.24) is 9.78 Å². The van der Waals surface area contributed by atoms with Gasteiger partial charge in [0.2, 0.25) is 0 Å². The highest BCUT2D eigenvalue weighted by atomic mass is 35.5. The quantitative estimate of drug-likeness (QED) is 0.462. The van der Waals surface area contributed by atoms with Crippen LogP contribution in [0.5, 0.6) is 0 Å². The first-order valence-corrected chi connectivity index (χ1v) is 6.76. The predicted octanol–water partition coefficient (Wildman–Crippen LogP) is 3.55. The largest absolute Gasteiger partial charge is 0.435 e. The van der Waals surface area contributed by atoms with E-state index in [1.807, 2.05) is 0 Å². The number of hydrogen-bond donors (Lipinski definition) is 0. The van der Waals surface area contributed by atoms with E-state index in [-0.39, 0.29) is 17.4 Å². The zero-order valence-electron chi connectivity index (χ0n) is 12.1. The molecular weight excluding hydrogens is 353 g/mol. The number of oxime groups is 1. The summed E-state index contributed by atoms with van der Waals surface area (Å²) in [6.45, 7) is -0.0757. The Bertz CT molecular complexity index is 772. The smallest absolute Gasteiger partial charge is 0.391 e. The summed E-state index contributed by atoms with van der Waals surface area (Å²) in [5.41, 5.74) is -1.10. The van der Waals surface area contributed by atoms with Crippen molar-refractivity contribution in [2.24, 2.45) is 12.2 Å². The number of hydrogen-bond acceptors (Lipinski definition) is 5. The van der Waals surface area contributed by atoms with E-state index < -0.39 is 22.4 Å². The van der Waals surface area contributed by atoms with Crippen LogP contribution in [-0.2, 0) is 24.7 Å². The Morgan fingerprint density at radius 1 is 1.42 bits per heavy atom. The van der Waals surface area contributed by atoms with Crippen LogP contribution in [-0.4, -0.2) is 20.9 Å². The fraction of sp³-hybridized carbons (Fsp3) is 0.231. The van der Waals surface area contributed by atoms with Crippen LogP contribution in [0.25, 0.3) is 0 Å². The molecule has 0 saturated carbocycles. The van der Waals surface area contributed by atoms with Crippen molar-refractivity contribution in [1.29, 1.82) is 0 Å². The molecule has 0 aliphatic heterocycles. The molecule has 24 heavy (non-hydrogen) atoms. The van der Waals surface area contributed by atoms with E-state index >= 15 is 0 Å². The molecule has 0 radical (unpaired) electrons. The van der Waals surface area contributed by atoms with Crippen LogP contribution >= 0.6 is 11.6 Å². The molecule has 128 valence electrons. The second kappa shape index (κ2) is 6.87. The molecule has 1 aromatic carbocycles. The average Bonchev–Trinajstić information content (AvgIpc) is 2.80. The van der Waals surface area contributed by atoms with Crippen molar-refractivity contribution < 1.29 is 22.9 Å². The Balaban J connectivity index is 2.06. The molecule has 0 aliphatic carbocycles. The number of benzene rings is 1. The number of alkyl halides is 3. The summed E-state index contributed by atoms with van der Waals surface area (Å²) in [6, 6.07) is 5.46. The standard InChI is InChI=1S/C13H10ClF3N4O3/c1-20-12(14)10(11(19-20)13(15,16)17)6-18-24-7-8-2-4-9(5-3-8)21(22)23/h2-6H,7H2,1H3/b18-6-.